The fourth-order valence-electron chi connectivity index (χ4n) is 1.62. The van der Waals surface area contributed by atoms with E-state index in [0.717, 1.165) is 12.8 Å². The molecule has 6 heteroatoms. The lowest BCUT2D eigenvalue weighted by atomic mass is 10.0. The second-order valence-electron chi connectivity index (χ2n) is 4.36. The Morgan fingerprint density at radius 2 is 2.32 bits per heavy atom. The number of nitro groups is 1. The maximum Gasteiger partial charge on any atom is 0.287 e. The van der Waals surface area contributed by atoms with E-state index >= 15 is 0 Å². The van der Waals surface area contributed by atoms with Crippen LogP contribution in [0.1, 0.15) is 39.5 Å². The van der Waals surface area contributed by atoms with Gasteiger partial charge in [0, 0.05) is 12.3 Å². The van der Waals surface area contributed by atoms with Crippen LogP contribution in [0.3, 0.4) is 0 Å². The van der Waals surface area contributed by atoms with Crippen LogP contribution in [0.4, 0.5) is 11.5 Å². The summed E-state index contributed by atoms with van der Waals surface area (Å²) < 4.78 is 0. The zero-order valence-corrected chi connectivity index (χ0v) is 11.4. The minimum absolute atomic E-state index is 0.0242. The van der Waals surface area contributed by atoms with Gasteiger partial charge in [-0.2, -0.15) is 5.10 Å². The normalized spacial score (nSPS) is 12.5. The smallest absolute Gasteiger partial charge is 0.262 e. The van der Waals surface area contributed by atoms with Gasteiger partial charge in [0.2, 0.25) is 0 Å². The highest BCUT2D eigenvalue weighted by molar-refractivity contribution is 5.62. The standard InChI is InChI=1S/C13H20N4O2/c1-3-5-6-11(4-2)9-15-16-13-8-7-12(10-14-13)17(18)19/h7-11H,3-6H2,1-2H3,(H,14,16). The average Bonchev–Trinajstić information content (AvgIpc) is 2.43. The van der Waals surface area contributed by atoms with Gasteiger partial charge in [-0.3, -0.25) is 15.5 Å². The molecule has 1 unspecified atom stereocenters. The van der Waals surface area contributed by atoms with Gasteiger partial charge in [0.1, 0.15) is 12.0 Å². The molecule has 0 aliphatic heterocycles. The van der Waals surface area contributed by atoms with E-state index in [9.17, 15) is 10.1 Å². The fourth-order valence-corrected chi connectivity index (χ4v) is 1.62. The van der Waals surface area contributed by atoms with Gasteiger partial charge in [-0.1, -0.05) is 26.7 Å². The van der Waals surface area contributed by atoms with Gasteiger partial charge in [0.25, 0.3) is 5.69 Å². The highest BCUT2D eigenvalue weighted by atomic mass is 16.6. The van der Waals surface area contributed by atoms with Crippen LogP contribution >= 0.6 is 0 Å². The molecule has 0 amide bonds. The van der Waals surface area contributed by atoms with E-state index in [2.05, 4.69) is 29.4 Å². The molecule has 0 spiro atoms. The number of nitrogens with zero attached hydrogens (tertiary/aromatic N) is 3. The predicted molar refractivity (Wildman–Crippen MR) is 76.3 cm³/mol. The van der Waals surface area contributed by atoms with Crippen molar-refractivity contribution in [1.82, 2.24) is 4.98 Å². The van der Waals surface area contributed by atoms with Crippen molar-refractivity contribution in [2.24, 2.45) is 11.0 Å². The maximum absolute atomic E-state index is 10.5. The minimum Gasteiger partial charge on any atom is -0.262 e. The van der Waals surface area contributed by atoms with E-state index in [1.807, 2.05) is 6.21 Å². The van der Waals surface area contributed by atoms with Crippen molar-refractivity contribution in [3.8, 4) is 0 Å². The molecule has 0 aliphatic carbocycles. The summed E-state index contributed by atoms with van der Waals surface area (Å²) in [7, 11) is 0. The Bertz CT molecular complexity index is 417. The molecular formula is C13H20N4O2. The van der Waals surface area contributed by atoms with Crippen molar-refractivity contribution in [2.75, 3.05) is 5.43 Å². The summed E-state index contributed by atoms with van der Waals surface area (Å²) in [6, 6.07) is 2.95. The average molecular weight is 264 g/mol. The van der Waals surface area contributed by atoms with Gasteiger partial charge in [0.05, 0.1) is 4.92 Å². The Morgan fingerprint density at radius 1 is 1.53 bits per heavy atom. The molecule has 104 valence electrons. The minimum atomic E-state index is -0.474. The van der Waals surface area contributed by atoms with E-state index in [4.69, 9.17) is 0 Å². The van der Waals surface area contributed by atoms with E-state index in [-0.39, 0.29) is 5.69 Å². The van der Waals surface area contributed by atoms with Crippen LogP contribution in [0.15, 0.2) is 23.4 Å². The molecule has 0 saturated carbocycles. The number of hydrazone groups is 1. The molecule has 1 aromatic heterocycles. The van der Waals surface area contributed by atoms with Crippen LogP contribution in [0.2, 0.25) is 0 Å². The Hall–Kier alpha value is -1.98. The van der Waals surface area contributed by atoms with Gasteiger partial charge in [-0.15, -0.1) is 0 Å². The number of unbranched alkanes of at least 4 members (excludes halogenated alkanes) is 1. The van der Waals surface area contributed by atoms with E-state index in [1.54, 1.807) is 6.07 Å². The van der Waals surface area contributed by atoms with Crippen LogP contribution in [0.25, 0.3) is 0 Å². The number of pyridine rings is 1. The van der Waals surface area contributed by atoms with Crippen molar-refractivity contribution in [3.05, 3.63) is 28.4 Å². The van der Waals surface area contributed by atoms with Crippen molar-refractivity contribution in [2.45, 2.75) is 39.5 Å². The van der Waals surface area contributed by atoms with Crippen LogP contribution < -0.4 is 5.43 Å². The lowest BCUT2D eigenvalue weighted by Crippen LogP contribution is -2.02. The summed E-state index contributed by atoms with van der Waals surface area (Å²) in [6.07, 6.45) is 7.66. The zero-order valence-electron chi connectivity index (χ0n) is 11.4. The lowest BCUT2D eigenvalue weighted by Gasteiger charge is -2.07. The Labute approximate surface area is 113 Å². The summed E-state index contributed by atoms with van der Waals surface area (Å²) >= 11 is 0. The van der Waals surface area contributed by atoms with Gasteiger partial charge < -0.3 is 0 Å². The zero-order chi connectivity index (χ0) is 14.1. The Kier molecular flexibility index (Phi) is 6.49. The number of rotatable bonds is 8. The van der Waals surface area contributed by atoms with Gasteiger partial charge in [-0.25, -0.2) is 4.98 Å². The summed E-state index contributed by atoms with van der Waals surface area (Å²) in [5, 5.41) is 14.6. The number of hydrogen-bond acceptors (Lipinski definition) is 5. The van der Waals surface area contributed by atoms with E-state index < -0.39 is 4.92 Å². The van der Waals surface area contributed by atoms with Gasteiger partial charge in [0.15, 0.2) is 0 Å². The molecular weight excluding hydrogens is 244 g/mol. The van der Waals surface area contributed by atoms with Gasteiger partial charge >= 0.3 is 0 Å². The Balaban J connectivity index is 2.48. The Morgan fingerprint density at radius 3 is 2.84 bits per heavy atom. The summed E-state index contributed by atoms with van der Waals surface area (Å²) in [4.78, 5) is 13.9. The lowest BCUT2D eigenvalue weighted by molar-refractivity contribution is -0.385. The van der Waals surface area contributed by atoms with Crippen LogP contribution in [-0.2, 0) is 0 Å². The molecule has 0 saturated heterocycles. The number of aromatic nitrogens is 1. The first kappa shape index (κ1) is 15.1. The highest BCUT2D eigenvalue weighted by Gasteiger charge is 2.05. The van der Waals surface area contributed by atoms with Crippen molar-refractivity contribution >= 4 is 17.7 Å². The topological polar surface area (TPSA) is 80.4 Å². The SMILES string of the molecule is CCCCC(C=NNc1ccc([N+](=O)[O-])cn1)CC. The molecule has 19 heavy (non-hydrogen) atoms. The molecule has 0 fully saturated rings. The largest absolute Gasteiger partial charge is 0.287 e. The van der Waals surface area contributed by atoms with E-state index in [1.165, 1.54) is 25.1 Å². The molecule has 0 radical (unpaired) electrons. The van der Waals surface area contributed by atoms with Crippen LogP contribution in [0.5, 0.6) is 0 Å². The summed E-state index contributed by atoms with van der Waals surface area (Å²) in [5.41, 5.74) is 2.76. The van der Waals surface area contributed by atoms with E-state index in [0.29, 0.717) is 11.7 Å². The van der Waals surface area contributed by atoms with Crippen molar-refractivity contribution in [1.29, 1.82) is 0 Å². The van der Waals surface area contributed by atoms with Crippen LogP contribution in [-0.4, -0.2) is 16.1 Å². The summed E-state index contributed by atoms with van der Waals surface area (Å²) in [5.74, 6) is 0.970. The first-order valence-corrected chi connectivity index (χ1v) is 6.57. The molecule has 0 aromatic carbocycles. The maximum atomic E-state index is 10.5. The first-order valence-electron chi connectivity index (χ1n) is 6.57. The molecule has 0 bridgehead atoms. The second-order valence-corrected chi connectivity index (χ2v) is 4.36. The fraction of sp³-hybridized carbons (Fsp3) is 0.538. The third kappa shape index (κ3) is 5.46. The van der Waals surface area contributed by atoms with Gasteiger partial charge in [-0.05, 0) is 24.8 Å². The molecule has 1 aromatic rings. The van der Waals surface area contributed by atoms with Crippen LogP contribution in [0, 0.1) is 16.0 Å². The molecule has 1 atom stereocenters. The quantitative estimate of drug-likeness (QED) is 0.442. The predicted octanol–water partition coefficient (Wildman–Crippen LogP) is 3.60. The molecule has 6 nitrogen and oxygen atoms in total. The third-order valence-corrected chi connectivity index (χ3v) is 2.88. The molecule has 1 rings (SSSR count). The molecule has 0 aliphatic rings. The van der Waals surface area contributed by atoms with Crippen molar-refractivity contribution < 1.29 is 4.92 Å². The second kappa shape index (κ2) is 8.18. The highest BCUT2D eigenvalue weighted by Crippen LogP contribution is 2.12. The number of anilines is 1. The molecule has 1 N–H and O–H groups in total. The number of nitrogens with one attached hydrogen (secondary N) is 1. The van der Waals surface area contributed by atoms with Crippen molar-refractivity contribution in [3.63, 3.8) is 0 Å². The number of hydrogen-bond donors (Lipinski definition) is 1. The first-order chi connectivity index (χ1) is 9.17. The molecule has 1 heterocycles. The third-order valence-electron chi connectivity index (χ3n) is 2.88. The summed E-state index contributed by atoms with van der Waals surface area (Å²) in [6.45, 7) is 4.30. The monoisotopic (exact) mass is 264 g/mol.